The van der Waals surface area contributed by atoms with Gasteiger partial charge in [0.2, 0.25) is 0 Å². The molecule has 14 heavy (non-hydrogen) atoms. The Kier molecular flexibility index (Phi) is 2.07. The Labute approximate surface area is 82.2 Å². The van der Waals surface area contributed by atoms with Gasteiger partial charge in [0.05, 0.1) is 5.39 Å². The Morgan fingerprint density at radius 1 is 1.36 bits per heavy atom. The minimum Gasteiger partial charge on any atom is -0.362 e. The van der Waals surface area contributed by atoms with E-state index in [1.54, 1.807) is 0 Å². The summed E-state index contributed by atoms with van der Waals surface area (Å²) in [5, 5.41) is 8.14. The van der Waals surface area contributed by atoms with Gasteiger partial charge in [-0.2, -0.15) is 5.10 Å². The smallest absolute Gasteiger partial charge is 0.186 e. The zero-order valence-corrected chi connectivity index (χ0v) is 8.57. The van der Waals surface area contributed by atoms with Crippen molar-refractivity contribution in [3.05, 3.63) is 12.0 Å². The van der Waals surface area contributed by atoms with Crippen LogP contribution < -0.4 is 4.90 Å². The summed E-state index contributed by atoms with van der Waals surface area (Å²) in [6.45, 7) is 2.08. The van der Waals surface area contributed by atoms with E-state index in [1.807, 2.05) is 19.0 Å². The van der Waals surface area contributed by atoms with Crippen LogP contribution >= 0.6 is 0 Å². The van der Waals surface area contributed by atoms with Crippen molar-refractivity contribution in [1.82, 2.24) is 20.2 Å². The molecule has 0 fully saturated rings. The Balaban J connectivity index is 2.75. The van der Waals surface area contributed by atoms with Gasteiger partial charge in [-0.15, -0.1) is 0 Å². The van der Waals surface area contributed by atoms with Crippen LogP contribution in [0.1, 0.15) is 12.6 Å². The number of nitrogens with zero attached hydrogens (tertiary/aromatic N) is 4. The summed E-state index contributed by atoms with van der Waals surface area (Å²) in [7, 11) is 3.93. The van der Waals surface area contributed by atoms with Crippen molar-refractivity contribution in [2.45, 2.75) is 13.3 Å². The maximum absolute atomic E-state index is 4.24. The Hall–Kier alpha value is -1.65. The van der Waals surface area contributed by atoms with Gasteiger partial charge in [-0.25, -0.2) is 9.97 Å². The molecule has 0 saturated heterocycles. The summed E-state index contributed by atoms with van der Waals surface area (Å²) in [5.74, 6) is 0.917. The van der Waals surface area contributed by atoms with Crippen LogP contribution in [0.4, 0.5) is 5.82 Å². The first-order chi connectivity index (χ1) is 6.74. The molecule has 5 nitrogen and oxygen atoms in total. The molecule has 0 aliphatic carbocycles. The fraction of sp³-hybridized carbons (Fsp3) is 0.444. The molecule has 2 aromatic heterocycles. The Bertz CT molecular complexity index is 445. The van der Waals surface area contributed by atoms with Crippen molar-refractivity contribution in [3.8, 4) is 0 Å². The number of nitrogens with one attached hydrogen (secondary N) is 1. The molecule has 0 bridgehead atoms. The van der Waals surface area contributed by atoms with E-state index in [9.17, 15) is 0 Å². The minimum atomic E-state index is 0.737. The van der Waals surface area contributed by atoms with Crippen molar-refractivity contribution >= 4 is 16.9 Å². The quantitative estimate of drug-likeness (QED) is 0.768. The van der Waals surface area contributed by atoms with Crippen molar-refractivity contribution in [3.63, 3.8) is 0 Å². The van der Waals surface area contributed by atoms with Crippen molar-refractivity contribution < 1.29 is 0 Å². The molecular weight excluding hydrogens is 178 g/mol. The lowest BCUT2D eigenvalue weighted by Crippen LogP contribution is -2.11. The standard InChI is InChI=1S/C9H13N5/c1-4-6-7-8(13-12-6)10-5-11-9(7)14(2)3/h5H,4H2,1-3H3,(H,10,11,12,13). The predicted molar refractivity (Wildman–Crippen MR) is 55.4 cm³/mol. The number of anilines is 1. The van der Waals surface area contributed by atoms with E-state index >= 15 is 0 Å². The topological polar surface area (TPSA) is 57.7 Å². The highest BCUT2D eigenvalue weighted by Gasteiger charge is 2.11. The van der Waals surface area contributed by atoms with Crippen LogP contribution in [-0.2, 0) is 6.42 Å². The maximum Gasteiger partial charge on any atom is 0.186 e. The number of fused-ring (bicyclic) bond motifs is 1. The zero-order chi connectivity index (χ0) is 10.1. The number of aromatic nitrogens is 4. The van der Waals surface area contributed by atoms with E-state index in [0.717, 1.165) is 29.0 Å². The predicted octanol–water partition coefficient (Wildman–Crippen LogP) is 0.981. The number of hydrogen-bond donors (Lipinski definition) is 1. The first kappa shape index (κ1) is 8.93. The van der Waals surface area contributed by atoms with Crippen LogP contribution in [0.25, 0.3) is 11.0 Å². The van der Waals surface area contributed by atoms with E-state index < -0.39 is 0 Å². The van der Waals surface area contributed by atoms with Crippen LogP contribution in [-0.4, -0.2) is 34.3 Å². The number of aryl methyl sites for hydroxylation is 1. The molecule has 0 spiro atoms. The van der Waals surface area contributed by atoms with Gasteiger partial charge in [0, 0.05) is 19.8 Å². The molecule has 74 valence electrons. The molecule has 0 aliphatic rings. The minimum absolute atomic E-state index is 0.737. The highest BCUT2D eigenvalue weighted by Crippen LogP contribution is 2.23. The van der Waals surface area contributed by atoms with Crippen LogP contribution in [0.5, 0.6) is 0 Å². The lowest BCUT2D eigenvalue weighted by molar-refractivity contribution is 0.983. The Morgan fingerprint density at radius 2 is 2.14 bits per heavy atom. The van der Waals surface area contributed by atoms with Gasteiger partial charge >= 0.3 is 0 Å². The highest BCUT2D eigenvalue weighted by molar-refractivity contribution is 5.89. The van der Waals surface area contributed by atoms with Crippen LogP contribution in [0, 0.1) is 0 Å². The largest absolute Gasteiger partial charge is 0.362 e. The molecule has 5 heteroatoms. The van der Waals surface area contributed by atoms with Crippen LogP contribution in [0.2, 0.25) is 0 Å². The number of hydrogen-bond acceptors (Lipinski definition) is 4. The first-order valence-corrected chi connectivity index (χ1v) is 4.59. The molecule has 0 aromatic carbocycles. The van der Waals surface area contributed by atoms with E-state index in [2.05, 4.69) is 27.1 Å². The van der Waals surface area contributed by atoms with Gasteiger partial charge in [0.15, 0.2) is 5.65 Å². The van der Waals surface area contributed by atoms with E-state index in [-0.39, 0.29) is 0 Å². The first-order valence-electron chi connectivity index (χ1n) is 4.59. The second-order valence-corrected chi connectivity index (χ2v) is 3.35. The molecule has 1 N–H and O–H groups in total. The third kappa shape index (κ3) is 1.21. The zero-order valence-electron chi connectivity index (χ0n) is 8.57. The van der Waals surface area contributed by atoms with E-state index in [1.165, 1.54) is 6.33 Å². The summed E-state index contributed by atoms with van der Waals surface area (Å²) in [5.41, 5.74) is 1.82. The monoisotopic (exact) mass is 191 g/mol. The van der Waals surface area contributed by atoms with Gasteiger partial charge < -0.3 is 4.90 Å². The van der Waals surface area contributed by atoms with Gasteiger partial charge in [-0.05, 0) is 6.42 Å². The summed E-state index contributed by atoms with van der Waals surface area (Å²) in [6, 6.07) is 0. The van der Waals surface area contributed by atoms with Gasteiger partial charge in [0.25, 0.3) is 0 Å². The number of H-pyrrole nitrogens is 1. The lowest BCUT2D eigenvalue weighted by Gasteiger charge is -2.11. The molecule has 0 unspecified atom stereocenters. The second-order valence-electron chi connectivity index (χ2n) is 3.35. The third-order valence-corrected chi connectivity index (χ3v) is 2.18. The maximum atomic E-state index is 4.24. The average molecular weight is 191 g/mol. The van der Waals surface area contributed by atoms with Crippen molar-refractivity contribution in [1.29, 1.82) is 0 Å². The number of aromatic amines is 1. The summed E-state index contributed by atoms with van der Waals surface area (Å²) >= 11 is 0. The molecule has 0 saturated carbocycles. The molecule has 2 rings (SSSR count). The second kappa shape index (κ2) is 3.25. The normalized spacial score (nSPS) is 10.8. The summed E-state index contributed by atoms with van der Waals surface area (Å²) in [6.07, 6.45) is 2.45. The molecule has 0 atom stereocenters. The summed E-state index contributed by atoms with van der Waals surface area (Å²) in [4.78, 5) is 10.3. The Morgan fingerprint density at radius 3 is 2.79 bits per heavy atom. The van der Waals surface area contributed by atoms with Crippen LogP contribution in [0.3, 0.4) is 0 Å². The lowest BCUT2D eigenvalue weighted by atomic mass is 10.2. The molecule has 2 aromatic rings. The van der Waals surface area contributed by atoms with Gasteiger partial charge in [-0.1, -0.05) is 6.92 Å². The third-order valence-electron chi connectivity index (χ3n) is 2.18. The molecule has 2 heterocycles. The average Bonchev–Trinajstić information content (AvgIpc) is 2.59. The SMILES string of the molecule is CCc1[nH]nc2ncnc(N(C)C)c12. The van der Waals surface area contributed by atoms with Gasteiger partial charge in [-0.3, -0.25) is 5.10 Å². The summed E-state index contributed by atoms with van der Waals surface area (Å²) < 4.78 is 0. The molecule has 0 aliphatic heterocycles. The fourth-order valence-electron chi connectivity index (χ4n) is 1.49. The van der Waals surface area contributed by atoms with E-state index in [0.29, 0.717) is 0 Å². The highest BCUT2D eigenvalue weighted by atomic mass is 15.2. The van der Waals surface area contributed by atoms with E-state index in [4.69, 9.17) is 0 Å². The van der Waals surface area contributed by atoms with Gasteiger partial charge in [0.1, 0.15) is 12.1 Å². The van der Waals surface area contributed by atoms with Crippen LogP contribution in [0.15, 0.2) is 6.33 Å². The molecular formula is C9H13N5. The number of rotatable bonds is 2. The van der Waals surface area contributed by atoms with Crippen molar-refractivity contribution in [2.75, 3.05) is 19.0 Å². The molecule has 0 amide bonds. The fourth-order valence-corrected chi connectivity index (χ4v) is 1.49. The molecule has 0 radical (unpaired) electrons. The van der Waals surface area contributed by atoms with Crippen molar-refractivity contribution in [2.24, 2.45) is 0 Å².